The first-order chi connectivity index (χ1) is 11.1. The van der Waals surface area contributed by atoms with Crippen molar-refractivity contribution in [2.45, 2.75) is 26.2 Å². The summed E-state index contributed by atoms with van der Waals surface area (Å²) >= 11 is 0. The maximum absolute atomic E-state index is 12.1. The van der Waals surface area contributed by atoms with E-state index in [1.807, 2.05) is 19.6 Å². The van der Waals surface area contributed by atoms with Crippen LogP contribution in [0.3, 0.4) is 0 Å². The van der Waals surface area contributed by atoms with E-state index in [9.17, 15) is 14.9 Å². The number of non-ortho nitro benzene ring substituents is 1. The molecule has 0 atom stereocenters. The number of nitro benzene ring substituents is 1. The second kappa shape index (κ2) is 8.25. The van der Waals surface area contributed by atoms with Crippen LogP contribution in [0.15, 0.2) is 41.8 Å². The lowest BCUT2D eigenvalue weighted by Gasteiger charge is -2.20. The summed E-state index contributed by atoms with van der Waals surface area (Å²) in [5.74, 6) is -0.664. The molecule has 0 aliphatic rings. The fraction of sp³-hybridized carbons (Fsp3) is 0.333. The first-order valence-corrected chi connectivity index (χ1v) is 10.4. The molecule has 0 N–H and O–H groups in total. The van der Waals surface area contributed by atoms with Gasteiger partial charge in [-0.3, -0.25) is 10.1 Å². The molecule has 0 unspecified atom stereocenters. The molecular formula is C15H20N2O6Si. The van der Waals surface area contributed by atoms with E-state index in [0.717, 1.165) is 0 Å². The lowest BCUT2D eigenvalue weighted by atomic mass is 10.2. The van der Waals surface area contributed by atoms with Crippen molar-refractivity contribution in [3.63, 3.8) is 0 Å². The number of ether oxygens (including phenoxy) is 1. The first-order valence-electron chi connectivity index (χ1n) is 7.04. The van der Waals surface area contributed by atoms with E-state index in [4.69, 9.17) is 9.16 Å². The zero-order valence-corrected chi connectivity index (χ0v) is 15.1. The van der Waals surface area contributed by atoms with Crippen molar-refractivity contribution in [3.8, 4) is 0 Å². The van der Waals surface area contributed by atoms with Crippen LogP contribution >= 0.6 is 0 Å². The number of oxime groups is 1. The summed E-state index contributed by atoms with van der Waals surface area (Å²) in [6.07, 6.45) is 0. The molecular weight excluding hydrogens is 332 g/mol. The number of nitrogens with zero attached hydrogens (tertiary/aromatic N) is 2. The highest BCUT2D eigenvalue weighted by Gasteiger charge is 2.25. The molecule has 130 valence electrons. The highest BCUT2D eigenvalue weighted by atomic mass is 28.4. The standard InChI is InChI=1S/C15H20N2O6Si/c1-11(23-24(3,4)5)14(16-21-2)15(18)22-10-12-6-8-13(9-7-12)17(19)20/h6-9H,1,10H2,2-5H3. The Labute approximate surface area is 141 Å². The van der Waals surface area contributed by atoms with Gasteiger partial charge in [0.1, 0.15) is 19.5 Å². The van der Waals surface area contributed by atoms with Gasteiger partial charge in [-0.15, -0.1) is 0 Å². The summed E-state index contributed by atoms with van der Waals surface area (Å²) < 4.78 is 10.8. The fourth-order valence-electron chi connectivity index (χ4n) is 1.64. The van der Waals surface area contributed by atoms with Crippen molar-refractivity contribution in [2.24, 2.45) is 5.16 Å². The molecule has 1 aromatic carbocycles. The Balaban J connectivity index is 2.74. The SMILES string of the molecule is C=C(O[Si](C)(C)C)C(=NOC)C(=O)OCc1ccc([N+](=O)[O-])cc1. The minimum Gasteiger partial charge on any atom is -0.543 e. The van der Waals surface area contributed by atoms with Gasteiger partial charge in [0, 0.05) is 12.1 Å². The van der Waals surface area contributed by atoms with Crippen LogP contribution in [-0.2, 0) is 25.4 Å². The topological polar surface area (TPSA) is 100 Å². The minimum absolute atomic E-state index is 0.0383. The zero-order chi connectivity index (χ0) is 18.3. The number of benzene rings is 1. The third kappa shape index (κ3) is 6.21. The summed E-state index contributed by atoms with van der Waals surface area (Å²) in [4.78, 5) is 26.9. The molecule has 8 nitrogen and oxygen atoms in total. The third-order valence-electron chi connectivity index (χ3n) is 2.59. The largest absolute Gasteiger partial charge is 0.543 e. The van der Waals surface area contributed by atoms with E-state index in [2.05, 4.69) is 16.6 Å². The van der Waals surface area contributed by atoms with E-state index in [1.54, 1.807) is 0 Å². The Kier molecular flexibility index (Phi) is 6.65. The van der Waals surface area contributed by atoms with Gasteiger partial charge in [0.2, 0.25) is 14.0 Å². The fourth-order valence-corrected chi connectivity index (χ4v) is 2.48. The minimum atomic E-state index is -1.97. The second-order valence-electron chi connectivity index (χ2n) is 5.76. The van der Waals surface area contributed by atoms with Gasteiger partial charge in [-0.1, -0.05) is 11.7 Å². The van der Waals surface area contributed by atoms with Crippen LogP contribution in [0.5, 0.6) is 0 Å². The number of nitro groups is 1. The molecule has 0 radical (unpaired) electrons. The van der Waals surface area contributed by atoms with Crippen molar-refractivity contribution in [1.82, 2.24) is 0 Å². The zero-order valence-electron chi connectivity index (χ0n) is 14.1. The molecule has 0 aromatic heterocycles. The van der Waals surface area contributed by atoms with Gasteiger partial charge in [-0.05, 0) is 37.3 Å². The van der Waals surface area contributed by atoms with E-state index in [0.29, 0.717) is 5.56 Å². The molecule has 0 saturated heterocycles. The van der Waals surface area contributed by atoms with Gasteiger partial charge < -0.3 is 14.0 Å². The van der Waals surface area contributed by atoms with Crippen molar-refractivity contribution in [1.29, 1.82) is 0 Å². The van der Waals surface area contributed by atoms with Crippen molar-refractivity contribution in [3.05, 3.63) is 52.3 Å². The molecule has 0 heterocycles. The Morgan fingerprint density at radius 2 is 1.88 bits per heavy atom. The third-order valence-corrected chi connectivity index (χ3v) is 3.45. The monoisotopic (exact) mass is 352 g/mol. The normalized spacial score (nSPS) is 11.6. The molecule has 0 aliphatic carbocycles. The Hall–Kier alpha value is -2.68. The number of hydrogen-bond donors (Lipinski definition) is 0. The average molecular weight is 352 g/mol. The molecule has 0 saturated carbocycles. The van der Waals surface area contributed by atoms with Gasteiger partial charge in [0.05, 0.1) is 4.92 Å². The molecule has 24 heavy (non-hydrogen) atoms. The van der Waals surface area contributed by atoms with E-state index in [1.165, 1.54) is 31.4 Å². The Morgan fingerprint density at radius 1 is 1.29 bits per heavy atom. The maximum Gasteiger partial charge on any atom is 0.364 e. The Morgan fingerprint density at radius 3 is 2.33 bits per heavy atom. The van der Waals surface area contributed by atoms with E-state index < -0.39 is 19.2 Å². The van der Waals surface area contributed by atoms with Crippen LogP contribution in [0.1, 0.15) is 5.56 Å². The van der Waals surface area contributed by atoms with Gasteiger partial charge in [-0.25, -0.2) is 4.79 Å². The summed E-state index contributed by atoms with van der Waals surface area (Å²) in [5, 5.41) is 14.2. The smallest absolute Gasteiger partial charge is 0.364 e. The van der Waals surface area contributed by atoms with Crippen LogP contribution in [0.2, 0.25) is 19.6 Å². The second-order valence-corrected chi connectivity index (χ2v) is 10.2. The van der Waals surface area contributed by atoms with Crippen LogP contribution in [-0.4, -0.2) is 32.0 Å². The molecule has 0 fully saturated rings. The van der Waals surface area contributed by atoms with E-state index in [-0.39, 0.29) is 23.8 Å². The number of hydrogen-bond acceptors (Lipinski definition) is 7. The molecule has 9 heteroatoms. The van der Waals surface area contributed by atoms with Crippen LogP contribution in [0.4, 0.5) is 5.69 Å². The number of rotatable bonds is 8. The molecule has 0 amide bonds. The number of carbonyl (C=O) groups excluding carboxylic acids is 1. The van der Waals surface area contributed by atoms with Gasteiger partial charge in [-0.2, -0.15) is 0 Å². The number of carbonyl (C=O) groups is 1. The van der Waals surface area contributed by atoms with Crippen LogP contribution < -0.4 is 0 Å². The molecule has 1 rings (SSSR count). The lowest BCUT2D eigenvalue weighted by Crippen LogP contribution is -2.30. The van der Waals surface area contributed by atoms with Crippen LogP contribution in [0.25, 0.3) is 0 Å². The average Bonchev–Trinajstić information content (AvgIpc) is 2.48. The van der Waals surface area contributed by atoms with Crippen LogP contribution in [0, 0.1) is 10.1 Å². The quantitative estimate of drug-likeness (QED) is 0.178. The highest BCUT2D eigenvalue weighted by Crippen LogP contribution is 2.14. The summed E-state index contributed by atoms with van der Waals surface area (Å²) in [6, 6.07) is 5.68. The Bertz CT molecular complexity index is 649. The molecule has 0 aliphatic heterocycles. The molecule has 0 bridgehead atoms. The van der Waals surface area contributed by atoms with E-state index >= 15 is 0 Å². The van der Waals surface area contributed by atoms with Gasteiger partial charge >= 0.3 is 5.97 Å². The van der Waals surface area contributed by atoms with Crippen molar-refractivity contribution < 1.29 is 23.7 Å². The summed E-state index contributed by atoms with van der Waals surface area (Å²) in [7, 11) is -0.672. The lowest BCUT2D eigenvalue weighted by molar-refractivity contribution is -0.384. The summed E-state index contributed by atoms with van der Waals surface area (Å²) in [5.41, 5.74) is 0.410. The van der Waals surface area contributed by atoms with Crippen molar-refractivity contribution >= 4 is 25.7 Å². The molecule has 1 aromatic rings. The summed E-state index contributed by atoms with van der Waals surface area (Å²) in [6.45, 7) is 9.43. The predicted molar refractivity (Wildman–Crippen MR) is 90.9 cm³/mol. The maximum atomic E-state index is 12.1. The van der Waals surface area contributed by atoms with Gasteiger partial charge in [0.25, 0.3) is 5.69 Å². The highest BCUT2D eigenvalue weighted by molar-refractivity contribution is 6.70. The molecule has 0 spiro atoms. The predicted octanol–water partition coefficient (Wildman–Crippen LogP) is 3.01. The first kappa shape index (κ1) is 19.4. The van der Waals surface area contributed by atoms with Gasteiger partial charge in [0.15, 0.2) is 0 Å². The number of esters is 1. The van der Waals surface area contributed by atoms with Crippen molar-refractivity contribution in [2.75, 3.05) is 7.11 Å².